The minimum absolute atomic E-state index is 0.0578. The lowest BCUT2D eigenvalue weighted by Gasteiger charge is -2.17. The quantitative estimate of drug-likeness (QED) is 0.0704. The van der Waals surface area contributed by atoms with Crippen molar-refractivity contribution in [2.45, 2.75) is 232 Å². The summed E-state index contributed by atoms with van der Waals surface area (Å²) >= 11 is 0. The molecule has 1 atom stereocenters. The number of unbranched alkanes of at least 4 members (excludes halogenated alkanes) is 30. The van der Waals surface area contributed by atoms with Gasteiger partial charge in [0.15, 0.2) is 0 Å². The van der Waals surface area contributed by atoms with Crippen LogP contribution in [0.5, 0.6) is 0 Å². The molecule has 0 aliphatic rings. The first-order valence-corrected chi connectivity index (χ1v) is 20.1. The standard InChI is InChI=1S/C40H82O3/c1-3-5-7-9-11-13-15-17-19-21-23-25-27-29-31-33-37-42-39-40(35-36-41)43-38-34-32-30-28-26-24-22-20-18-16-14-12-10-8-6-4-2/h40-41H,3-39H2,1-2H3/t40-/m0/s1. The summed E-state index contributed by atoms with van der Waals surface area (Å²) in [5, 5.41) is 9.40. The van der Waals surface area contributed by atoms with Gasteiger partial charge in [0.2, 0.25) is 0 Å². The average Bonchev–Trinajstić information content (AvgIpc) is 3.01. The van der Waals surface area contributed by atoms with Crippen molar-refractivity contribution in [1.82, 2.24) is 0 Å². The Morgan fingerprint density at radius 1 is 0.372 bits per heavy atom. The molecule has 3 nitrogen and oxygen atoms in total. The van der Waals surface area contributed by atoms with Gasteiger partial charge in [-0.1, -0.05) is 206 Å². The van der Waals surface area contributed by atoms with Crippen LogP contribution in [0.15, 0.2) is 0 Å². The average molecular weight is 611 g/mol. The van der Waals surface area contributed by atoms with Crippen LogP contribution in [-0.2, 0) is 9.47 Å². The number of aliphatic hydroxyl groups is 1. The summed E-state index contributed by atoms with van der Waals surface area (Å²) in [4.78, 5) is 0. The van der Waals surface area contributed by atoms with Gasteiger partial charge in [0.05, 0.1) is 12.7 Å². The summed E-state index contributed by atoms with van der Waals surface area (Å²) in [6, 6.07) is 0. The van der Waals surface area contributed by atoms with Crippen molar-refractivity contribution in [2.75, 3.05) is 26.4 Å². The molecule has 0 unspecified atom stereocenters. The molecule has 0 aromatic heterocycles. The van der Waals surface area contributed by atoms with Crippen LogP contribution < -0.4 is 0 Å². The highest BCUT2D eigenvalue weighted by Gasteiger charge is 2.09. The molecule has 0 heterocycles. The van der Waals surface area contributed by atoms with Crippen molar-refractivity contribution in [2.24, 2.45) is 0 Å². The summed E-state index contributed by atoms with van der Waals surface area (Å²) in [6.45, 7) is 7.06. The zero-order chi connectivity index (χ0) is 31.2. The highest BCUT2D eigenvalue weighted by Crippen LogP contribution is 2.15. The molecule has 0 aromatic rings. The Morgan fingerprint density at radius 2 is 0.651 bits per heavy atom. The van der Waals surface area contributed by atoms with E-state index < -0.39 is 0 Å². The maximum Gasteiger partial charge on any atom is 0.0830 e. The van der Waals surface area contributed by atoms with Crippen molar-refractivity contribution in [1.29, 1.82) is 0 Å². The molecule has 1 N–H and O–H groups in total. The molecule has 0 amide bonds. The molecule has 0 aliphatic carbocycles. The SMILES string of the molecule is CCCCCCCCCCCCCCCCCCOC[C@H](CCO)OCCCCCCCCCCCCCCCCCC. The first kappa shape index (κ1) is 42.9. The Bertz CT molecular complexity index is 469. The van der Waals surface area contributed by atoms with Crippen molar-refractivity contribution >= 4 is 0 Å². The first-order valence-electron chi connectivity index (χ1n) is 20.1. The van der Waals surface area contributed by atoms with Crippen LogP contribution >= 0.6 is 0 Å². The lowest BCUT2D eigenvalue weighted by atomic mass is 10.0. The zero-order valence-corrected chi connectivity index (χ0v) is 30.0. The van der Waals surface area contributed by atoms with E-state index in [4.69, 9.17) is 9.47 Å². The molecule has 0 radical (unpaired) electrons. The van der Waals surface area contributed by atoms with Crippen LogP contribution in [0.1, 0.15) is 226 Å². The van der Waals surface area contributed by atoms with E-state index in [0.29, 0.717) is 13.0 Å². The maximum atomic E-state index is 9.40. The van der Waals surface area contributed by atoms with Gasteiger partial charge in [-0.3, -0.25) is 0 Å². The van der Waals surface area contributed by atoms with E-state index in [0.717, 1.165) is 26.1 Å². The van der Waals surface area contributed by atoms with Crippen molar-refractivity contribution < 1.29 is 14.6 Å². The van der Waals surface area contributed by atoms with Gasteiger partial charge in [0, 0.05) is 19.8 Å². The number of hydrogen-bond acceptors (Lipinski definition) is 3. The van der Waals surface area contributed by atoms with Crippen LogP contribution in [0.2, 0.25) is 0 Å². The van der Waals surface area contributed by atoms with E-state index >= 15 is 0 Å². The minimum atomic E-state index is 0.0578. The molecule has 0 aliphatic heterocycles. The predicted octanol–water partition coefficient (Wildman–Crippen LogP) is 13.3. The van der Waals surface area contributed by atoms with Gasteiger partial charge in [0.25, 0.3) is 0 Å². The summed E-state index contributed by atoms with van der Waals surface area (Å²) in [6.07, 6.45) is 45.4. The Balaban J connectivity index is 3.34. The van der Waals surface area contributed by atoms with Gasteiger partial charge in [-0.05, 0) is 19.3 Å². The largest absolute Gasteiger partial charge is 0.396 e. The van der Waals surface area contributed by atoms with Crippen LogP contribution in [-0.4, -0.2) is 37.6 Å². The topological polar surface area (TPSA) is 38.7 Å². The Labute approximate surface area is 272 Å². The van der Waals surface area contributed by atoms with Crippen LogP contribution in [0.25, 0.3) is 0 Å². The molecule has 0 fully saturated rings. The summed E-state index contributed by atoms with van der Waals surface area (Å²) in [5.41, 5.74) is 0. The molecule has 43 heavy (non-hydrogen) atoms. The first-order chi connectivity index (χ1) is 21.3. The van der Waals surface area contributed by atoms with E-state index in [1.165, 1.54) is 193 Å². The van der Waals surface area contributed by atoms with E-state index in [1.807, 2.05) is 0 Å². The van der Waals surface area contributed by atoms with Gasteiger partial charge in [-0.2, -0.15) is 0 Å². The summed E-state index contributed by atoms with van der Waals surface area (Å²) < 4.78 is 12.0. The summed E-state index contributed by atoms with van der Waals surface area (Å²) in [7, 11) is 0. The molecule has 0 rings (SSSR count). The second kappa shape index (κ2) is 39.9. The molecule has 0 spiro atoms. The third-order valence-electron chi connectivity index (χ3n) is 9.25. The van der Waals surface area contributed by atoms with Gasteiger partial charge in [-0.25, -0.2) is 0 Å². The highest BCUT2D eigenvalue weighted by atomic mass is 16.5. The summed E-state index contributed by atoms with van der Waals surface area (Å²) in [5.74, 6) is 0. The minimum Gasteiger partial charge on any atom is -0.396 e. The van der Waals surface area contributed by atoms with E-state index in [9.17, 15) is 5.11 Å². The van der Waals surface area contributed by atoms with E-state index in [1.54, 1.807) is 0 Å². The monoisotopic (exact) mass is 611 g/mol. The van der Waals surface area contributed by atoms with E-state index in [2.05, 4.69) is 13.8 Å². The molecular weight excluding hydrogens is 528 g/mol. The smallest absolute Gasteiger partial charge is 0.0830 e. The Kier molecular flexibility index (Phi) is 39.8. The maximum absolute atomic E-state index is 9.40. The van der Waals surface area contributed by atoms with Crippen molar-refractivity contribution in [3.63, 3.8) is 0 Å². The molecule has 260 valence electrons. The number of ether oxygens (including phenoxy) is 2. The molecule has 3 heteroatoms. The lowest BCUT2D eigenvalue weighted by Crippen LogP contribution is -2.22. The van der Waals surface area contributed by atoms with E-state index in [-0.39, 0.29) is 12.7 Å². The second-order valence-electron chi connectivity index (χ2n) is 13.7. The fraction of sp³-hybridized carbons (Fsp3) is 1.00. The van der Waals surface area contributed by atoms with Crippen LogP contribution in [0.4, 0.5) is 0 Å². The molecule has 0 saturated heterocycles. The predicted molar refractivity (Wildman–Crippen MR) is 191 cm³/mol. The molecule has 0 aromatic carbocycles. The Morgan fingerprint density at radius 3 is 0.953 bits per heavy atom. The molecule has 0 saturated carbocycles. The zero-order valence-electron chi connectivity index (χ0n) is 30.0. The fourth-order valence-corrected chi connectivity index (χ4v) is 6.23. The van der Waals surface area contributed by atoms with Crippen molar-refractivity contribution in [3.05, 3.63) is 0 Å². The number of hydrogen-bond donors (Lipinski definition) is 1. The van der Waals surface area contributed by atoms with Crippen molar-refractivity contribution in [3.8, 4) is 0 Å². The number of aliphatic hydroxyl groups excluding tert-OH is 1. The molecule has 0 bridgehead atoms. The third kappa shape index (κ3) is 38.0. The van der Waals surface area contributed by atoms with Gasteiger partial charge in [-0.15, -0.1) is 0 Å². The Hall–Kier alpha value is -0.120. The third-order valence-corrected chi connectivity index (χ3v) is 9.25. The van der Waals surface area contributed by atoms with Gasteiger partial charge in [0.1, 0.15) is 0 Å². The van der Waals surface area contributed by atoms with Crippen LogP contribution in [0.3, 0.4) is 0 Å². The van der Waals surface area contributed by atoms with Crippen LogP contribution in [0, 0.1) is 0 Å². The van der Waals surface area contributed by atoms with Gasteiger partial charge < -0.3 is 14.6 Å². The second-order valence-corrected chi connectivity index (χ2v) is 13.7. The highest BCUT2D eigenvalue weighted by molar-refractivity contribution is 4.57. The normalized spacial score (nSPS) is 12.3. The lowest BCUT2D eigenvalue weighted by molar-refractivity contribution is -0.0288. The van der Waals surface area contributed by atoms with Gasteiger partial charge >= 0.3 is 0 Å². The number of rotatable bonds is 39. The fourth-order valence-electron chi connectivity index (χ4n) is 6.23. The molecular formula is C40H82O3.